The molecule has 38 heavy (non-hydrogen) atoms. The highest BCUT2D eigenvalue weighted by molar-refractivity contribution is 6.15. The number of benzene rings is 4. The van der Waals surface area contributed by atoms with Crippen molar-refractivity contribution < 1.29 is 0 Å². The Hall–Kier alpha value is -4.37. The van der Waals surface area contributed by atoms with Crippen LogP contribution in [0.1, 0.15) is 49.9 Å². The maximum atomic E-state index is 4.78. The Balaban J connectivity index is 1.56. The first-order valence-electron chi connectivity index (χ1n) is 13.4. The lowest BCUT2D eigenvalue weighted by Gasteiger charge is -2.42. The highest BCUT2D eigenvalue weighted by Crippen LogP contribution is 2.56. The third-order valence-electron chi connectivity index (χ3n) is 8.97. The lowest BCUT2D eigenvalue weighted by atomic mass is 9.68. The molecule has 3 heteroatoms. The molecule has 0 fully saturated rings. The number of anilines is 3. The van der Waals surface area contributed by atoms with Crippen molar-refractivity contribution in [1.29, 1.82) is 0 Å². The van der Waals surface area contributed by atoms with Crippen molar-refractivity contribution in [2.24, 2.45) is 0 Å². The standard InChI is InChI=1S/C35H29N3/c1-34(2)26-15-10-14-24-25-20-23(37(22-12-6-5-7-13-22)30-18-8-9-19-36-30)21-29-32(25)38(31(24)26)33-27(34)16-11-17-28(33)35(29,3)4/h5-21H,1-4H3. The van der Waals surface area contributed by atoms with Crippen LogP contribution in [-0.4, -0.2) is 9.55 Å². The van der Waals surface area contributed by atoms with Gasteiger partial charge in [-0.05, 0) is 58.7 Å². The van der Waals surface area contributed by atoms with E-state index < -0.39 is 0 Å². The summed E-state index contributed by atoms with van der Waals surface area (Å²) in [6.45, 7) is 9.53. The number of pyridine rings is 1. The van der Waals surface area contributed by atoms with Gasteiger partial charge in [-0.25, -0.2) is 4.98 Å². The lowest BCUT2D eigenvalue weighted by Crippen LogP contribution is -2.33. The smallest absolute Gasteiger partial charge is 0.137 e. The van der Waals surface area contributed by atoms with E-state index in [2.05, 4.69) is 128 Å². The number of nitrogens with zero attached hydrogens (tertiary/aromatic N) is 3. The van der Waals surface area contributed by atoms with Crippen molar-refractivity contribution >= 4 is 39.0 Å². The van der Waals surface area contributed by atoms with Gasteiger partial charge in [-0.2, -0.15) is 0 Å². The van der Waals surface area contributed by atoms with Crippen molar-refractivity contribution in [3.8, 4) is 5.69 Å². The quantitative estimate of drug-likeness (QED) is 0.246. The van der Waals surface area contributed by atoms with Crippen LogP contribution in [0, 0.1) is 0 Å². The summed E-state index contributed by atoms with van der Waals surface area (Å²) in [6, 6.07) is 35.3. The van der Waals surface area contributed by atoms with E-state index in [9.17, 15) is 0 Å². The molecule has 0 amide bonds. The lowest BCUT2D eigenvalue weighted by molar-refractivity contribution is 0.593. The van der Waals surface area contributed by atoms with Crippen LogP contribution in [-0.2, 0) is 10.8 Å². The Morgan fingerprint density at radius 2 is 1.24 bits per heavy atom. The van der Waals surface area contributed by atoms with Crippen molar-refractivity contribution in [3.05, 3.63) is 126 Å². The number of hydrogen-bond donors (Lipinski definition) is 0. The third-order valence-corrected chi connectivity index (χ3v) is 8.97. The molecule has 0 radical (unpaired) electrons. The summed E-state index contributed by atoms with van der Waals surface area (Å²) < 4.78 is 2.58. The minimum atomic E-state index is -0.163. The summed E-state index contributed by atoms with van der Waals surface area (Å²) in [5.41, 5.74) is 11.6. The predicted molar refractivity (Wildman–Crippen MR) is 158 cm³/mol. The van der Waals surface area contributed by atoms with Crippen molar-refractivity contribution in [1.82, 2.24) is 9.55 Å². The average molecular weight is 492 g/mol. The van der Waals surface area contributed by atoms with Gasteiger partial charge in [0.2, 0.25) is 0 Å². The average Bonchev–Trinajstić information content (AvgIpc) is 3.27. The van der Waals surface area contributed by atoms with Crippen molar-refractivity contribution in [3.63, 3.8) is 0 Å². The SMILES string of the molecule is CC1(C)c2cccc3c2-n2c4c1cccc4c1cc(N(c4ccccc4)c4ccccn4)cc(c12)C3(C)C. The molecule has 8 rings (SSSR count). The van der Waals surface area contributed by atoms with Gasteiger partial charge in [-0.15, -0.1) is 0 Å². The predicted octanol–water partition coefficient (Wildman–Crippen LogP) is 8.93. The second kappa shape index (κ2) is 7.14. The molecular formula is C35H29N3. The van der Waals surface area contributed by atoms with E-state index >= 15 is 0 Å². The minimum Gasteiger partial charge on any atom is -0.308 e. The molecular weight excluding hydrogens is 462 g/mol. The molecule has 6 aromatic rings. The first-order valence-corrected chi connectivity index (χ1v) is 13.4. The monoisotopic (exact) mass is 491 g/mol. The fraction of sp³-hybridized carbons (Fsp3) is 0.171. The molecule has 0 saturated heterocycles. The highest BCUT2D eigenvalue weighted by atomic mass is 15.2. The summed E-state index contributed by atoms with van der Waals surface area (Å²) >= 11 is 0. The van der Waals surface area contributed by atoms with Crippen LogP contribution in [0.5, 0.6) is 0 Å². The van der Waals surface area contributed by atoms with Gasteiger partial charge in [-0.1, -0.05) is 88.4 Å². The van der Waals surface area contributed by atoms with Gasteiger partial charge in [0.25, 0.3) is 0 Å². The minimum absolute atomic E-state index is 0.0737. The zero-order valence-electron chi connectivity index (χ0n) is 22.2. The number of rotatable bonds is 3. The van der Waals surface area contributed by atoms with Gasteiger partial charge in [0.1, 0.15) is 5.82 Å². The molecule has 4 aromatic carbocycles. The zero-order valence-corrected chi connectivity index (χ0v) is 22.2. The summed E-state index contributed by atoms with van der Waals surface area (Å²) in [5, 5.41) is 2.62. The van der Waals surface area contributed by atoms with Crippen LogP contribution >= 0.6 is 0 Å². The first-order chi connectivity index (χ1) is 18.4. The van der Waals surface area contributed by atoms with Crippen LogP contribution in [0.2, 0.25) is 0 Å². The van der Waals surface area contributed by atoms with Gasteiger partial charge in [-0.3, -0.25) is 4.90 Å². The molecule has 2 aliphatic rings. The molecule has 2 aliphatic heterocycles. The number of aromatic nitrogens is 2. The first kappa shape index (κ1) is 21.7. The number of para-hydroxylation sites is 3. The maximum Gasteiger partial charge on any atom is 0.137 e. The van der Waals surface area contributed by atoms with E-state index in [0.29, 0.717) is 0 Å². The summed E-state index contributed by atoms with van der Waals surface area (Å²) in [6.07, 6.45) is 1.87. The summed E-state index contributed by atoms with van der Waals surface area (Å²) in [7, 11) is 0. The van der Waals surface area contributed by atoms with Gasteiger partial charge in [0, 0.05) is 39.2 Å². The molecule has 0 N–H and O–H groups in total. The Morgan fingerprint density at radius 3 is 1.97 bits per heavy atom. The van der Waals surface area contributed by atoms with Crippen LogP contribution in [0.4, 0.5) is 17.2 Å². The Bertz CT molecular complexity index is 1870. The summed E-state index contributed by atoms with van der Waals surface area (Å²) in [4.78, 5) is 7.07. The molecule has 0 bridgehead atoms. The molecule has 0 spiro atoms. The molecule has 184 valence electrons. The molecule has 4 heterocycles. The van der Waals surface area contributed by atoms with E-state index in [1.807, 2.05) is 12.3 Å². The van der Waals surface area contributed by atoms with Crippen LogP contribution in [0.25, 0.3) is 27.5 Å². The zero-order chi connectivity index (χ0) is 25.8. The summed E-state index contributed by atoms with van der Waals surface area (Å²) in [5.74, 6) is 0.913. The normalized spacial score (nSPS) is 15.8. The van der Waals surface area contributed by atoms with Gasteiger partial charge >= 0.3 is 0 Å². The van der Waals surface area contributed by atoms with Crippen LogP contribution in [0.15, 0.2) is 103 Å². The van der Waals surface area contributed by atoms with Crippen molar-refractivity contribution in [2.75, 3.05) is 4.90 Å². The van der Waals surface area contributed by atoms with Gasteiger partial charge < -0.3 is 4.57 Å². The molecule has 3 nitrogen and oxygen atoms in total. The Morgan fingerprint density at radius 1 is 0.579 bits per heavy atom. The van der Waals surface area contributed by atoms with Gasteiger partial charge in [0.15, 0.2) is 0 Å². The van der Waals surface area contributed by atoms with E-state index in [0.717, 1.165) is 17.2 Å². The third kappa shape index (κ3) is 2.56. The maximum absolute atomic E-state index is 4.78. The van der Waals surface area contributed by atoms with E-state index in [-0.39, 0.29) is 10.8 Å². The molecule has 0 atom stereocenters. The Labute approximate surface area is 223 Å². The van der Waals surface area contributed by atoms with Gasteiger partial charge in [0.05, 0.1) is 16.7 Å². The Kier molecular flexibility index (Phi) is 4.07. The fourth-order valence-electron chi connectivity index (χ4n) is 7.07. The molecule has 0 saturated carbocycles. The van der Waals surface area contributed by atoms with Crippen LogP contribution in [0.3, 0.4) is 0 Å². The van der Waals surface area contributed by atoms with E-state index in [4.69, 9.17) is 4.98 Å². The van der Waals surface area contributed by atoms with Crippen molar-refractivity contribution in [2.45, 2.75) is 38.5 Å². The molecule has 2 aromatic heterocycles. The fourth-order valence-corrected chi connectivity index (χ4v) is 7.07. The number of fused-ring (bicyclic) bond motifs is 1. The molecule has 0 unspecified atom stereocenters. The second-order valence-corrected chi connectivity index (χ2v) is 11.7. The largest absolute Gasteiger partial charge is 0.308 e. The topological polar surface area (TPSA) is 21.1 Å². The van der Waals surface area contributed by atoms with E-state index in [1.165, 1.54) is 49.7 Å². The second-order valence-electron chi connectivity index (χ2n) is 11.7. The van der Waals surface area contributed by atoms with E-state index in [1.54, 1.807) is 0 Å². The number of hydrogen-bond acceptors (Lipinski definition) is 2. The molecule has 0 aliphatic carbocycles. The van der Waals surface area contributed by atoms with Crippen LogP contribution < -0.4 is 4.90 Å². The highest BCUT2D eigenvalue weighted by Gasteiger charge is 2.43.